The van der Waals surface area contributed by atoms with Gasteiger partial charge in [0, 0.05) is 18.2 Å². The van der Waals surface area contributed by atoms with Crippen LogP contribution in [0, 0.1) is 0 Å². The van der Waals surface area contributed by atoms with Gasteiger partial charge in [-0.15, -0.1) is 0 Å². The van der Waals surface area contributed by atoms with Crippen molar-refractivity contribution in [1.82, 2.24) is 9.78 Å². The summed E-state index contributed by atoms with van der Waals surface area (Å²) in [5.74, 6) is 2.05. The summed E-state index contributed by atoms with van der Waals surface area (Å²) in [6.45, 7) is 2.06. The first-order chi connectivity index (χ1) is 9.13. The van der Waals surface area contributed by atoms with Crippen molar-refractivity contribution >= 4 is 5.82 Å². The number of hydrogen-bond donors (Lipinski definition) is 1. The maximum atomic E-state index is 6.04. The molecule has 1 heterocycles. The van der Waals surface area contributed by atoms with Gasteiger partial charge in [0.15, 0.2) is 11.5 Å². The van der Waals surface area contributed by atoms with Gasteiger partial charge in [-0.3, -0.25) is 4.68 Å². The monoisotopic (exact) mass is 261 g/mol. The van der Waals surface area contributed by atoms with E-state index in [2.05, 4.69) is 12.0 Å². The Labute approximate surface area is 112 Å². The molecular formula is C14H19N3O2. The van der Waals surface area contributed by atoms with Gasteiger partial charge < -0.3 is 15.2 Å². The first-order valence-electron chi connectivity index (χ1n) is 6.16. The maximum absolute atomic E-state index is 6.04. The predicted octanol–water partition coefficient (Wildman–Crippen LogP) is 2.25. The highest BCUT2D eigenvalue weighted by Gasteiger charge is 2.19. The zero-order chi connectivity index (χ0) is 14.0. The van der Waals surface area contributed by atoms with Crippen LogP contribution in [0.25, 0.3) is 11.3 Å². The van der Waals surface area contributed by atoms with E-state index in [9.17, 15) is 0 Å². The van der Waals surface area contributed by atoms with Crippen molar-refractivity contribution in [2.75, 3.05) is 20.0 Å². The Kier molecular flexibility index (Phi) is 3.64. The van der Waals surface area contributed by atoms with Crippen molar-refractivity contribution in [3.63, 3.8) is 0 Å². The third-order valence-electron chi connectivity index (χ3n) is 3.21. The van der Waals surface area contributed by atoms with E-state index >= 15 is 0 Å². The molecule has 0 saturated carbocycles. The molecule has 102 valence electrons. The molecule has 19 heavy (non-hydrogen) atoms. The Morgan fingerprint density at radius 2 is 2.00 bits per heavy atom. The predicted molar refractivity (Wildman–Crippen MR) is 75.5 cm³/mol. The summed E-state index contributed by atoms with van der Waals surface area (Å²) >= 11 is 0. The molecule has 0 saturated heterocycles. The summed E-state index contributed by atoms with van der Waals surface area (Å²) < 4.78 is 12.5. The van der Waals surface area contributed by atoms with Crippen LogP contribution in [0.1, 0.15) is 12.5 Å². The van der Waals surface area contributed by atoms with Crippen LogP contribution in [-0.2, 0) is 13.5 Å². The first kappa shape index (κ1) is 13.3. The van der Waals surface area contributed by atoms with E-state index in [1.807, 2.05) is 25.2 Å². The molecule has 0 atom stereocenters. The Bertz CT molecular complexity index is 591. The molecule has 1 aromatic carbocycles. The fourth-order valence-corrected chi connectivity index (χ4v) is 2.22. The quantitative estimate of drug-likeness (QED) is 0.917. The highest BCUT2D eigenvalue weighted by molar-refractivity contribution is 5.76. The number of benzene rings is 1. The second-order valence-electron chi connectivity index (χ2n) is 4.23. The van der Waals surface area contributed by atoms with Crippen LogP contribution >= 0.6 is 0 Å². The topological polar surface area (TPSA) is 62.3 Å². The molecule has 2 N–H and O–H groups in total. The molecule has 0 unspecified atom stereocenters. The average molecular weight is 261 g/mol. The van der Waals surface area contributed by atoms with Crippen LogP contribution in [-0.4, -0.2) is 24.0 Å². The summed E-state index contributed by atoms with van der Waals surface area (Å²) in [5, 5.41) is 4.49. The van der Waals surface area contributed by atoms with Crippen LogP contribution in [0.5, 0.6) is 11.5 Å². The van der Waals surface area contributed by atoms with Gasteiger partial charge in [0.05, 0.1) is 14.2 Å². The summed E-state index contributed by atoms with van der Waals surface area (Å²) in [6, 6.07) is 5.74. The normalized spacial score (nSPS) is 10.5. The lowest BCUT2D eigenvalue weighted by atomic mass is 10.0. The number of nitrogens with zero attached hydrogens (tertiary/aromatic N) is 2. The number of para-hydroxylation sites is 1. The van der Waals surface area contributed by atoms with Crippen LogP contribution in [0.2, 0.25) is 0 Å². The zero-order valence-electron chi connectivity index (χ0n) is 11.7. The van der Waals surface area contributed by atoms with Gasteiger partial charge in [-0.25, -0.2) is 0 Å². The summed E-state index contributed by atoms with van der Waals surface area (Å²) in [6.07, 6.45) is 0.815. The average Bonchev–Trinajstić information content (AvgIpc) is 2.73. The summed E-state index contributed by atoms with van der Waals surface area (Å²) in [7, 11) is 5.08. The third kappa shape index (κ3) is 2.12. The fraction of sp³-hybridized carbons (Fsp3) is 0.357. The van der Waals surface area contributed by atoms with E-state index in [1.165, 1.54) is 0 Å². The second-order valence-corrected chi connectivity index (χ2v) is 4.23. The van der Waals surface area contributed by atoms with Crippen molar-refractivity contribution in [3.05, 3.63) is 23.8 Å². The van der Waals surface area contributed by atoms with E-state index in [1.54, 1.807) is 18.9 Å². The minimum absolute atomic E-state index is 0.679. The number of rotatable bonds is 4. The molecule has 0 aliphatic rings. The van der Waals surface area contributed by atoms with Gasteiger partial charge in [0.1, 0.15) is 11.5 Å². The highest BCUT2D eigenvalue weighted by atomic mass is 16.5. The molecule has 0 fully saturated rings. The van der Waals surface area contributed by atoms with Crippen LogP contribution < -0.4 is 15.2 Å². The smallest absolute Gasteiger partial charge is 0.170 e. The van der Waals surface area contributed by atoms with Crippen molar-refractivity contribution in [2.45, 2.75) is 13.3 Å². The number of ether oxygens (including phenoxy) is 2. The number of methoxy groups -OCH3 is 2. The molecular weight excluding hydrogens is 242 g/mol. The van der Waals surface area contributed by atoms with Gasteiger partial charge in [0.2, 0.25) is 0 Å². The largest absolute Gasteiger partial charge is 0.493 e. The van der Waals surface area contributed by atoms with E-state index in [0.29, 0.717) is 17.3 Å². The van der Waals surface area contributed by atoms with E-state index in [-0.39, 0.29) is 0 Å². The van der Waals surface area contributed by atoms with E-state index < -0.39 is 0 Å². The second kappa shape index (κ2) is 5.22. The van der Waals surface area contributed by atoms with Crippen molar-refractivity contribution in [1.29, 1.82) is 0 Å². The lowest BCUT2D eigenvalue weighted by Crippen LogP contribution is -1.98. The Morgan fingerprint density at radius 1 is 1.26 bits per heavy atom. The van der Waals surface area contributed by atoms with E-state index in [4.69, 9.17) is 15.2 Å². The molecule has 0 aliphatic carbocycles. The fourth-order valence-electron chi connectivity index (χ4n) is 2.22. The number of anilines is 1. The first-order valence-corrected chi connectivity index (χ1v) is 6.16. The Balaban J connectivity index is 2.68. The van der Waals surface area contributed by atoms with Gasteiger partial charge in [-0.1, -0.05) is 13.0 Å². The molecule has 2 rings (SSSR count). The van der Waals surface area contributed by atoms with Crippen molar-refractivity contribution in [3.8, 4) is 22.8 Å². The number of hydrogen-bond acceptors (Lipinski definition) is 4. The molecule has 0 spiro atoms. The SMILES string of the molecule is CCc1c(-c2cccc(OC)c2OC)nn(C)c1N. The molecule has 2 aromatic rings. The van der Waals surface area contributed by atoms with Crippen LogP contribution in [0.15, 0.2) is 18.2 Å². The van der Waals surface area contributed by atoms with Gasteiger partial charge in [-0.2, -0.15) is 5.10 Å². The molecule has 0 radical (unpaired) electrons. The number of aromatic nitrogens is 2. The molecule has 5 heteroatoms. The molecule has 5 nitrogen and oxygen atoms in total. The van der Waals surface area contributed by atoms with Crippen molar-refractivity contribution in [2.24, 2.45) is 7.05 Å². The molecule has 0 aliphatic heterocycles. The summed E-state index contributed by atoms with van der Waals surface area (Å²) in [5.41, 5.74) is 8.80. The van der Waals surface area contributed by atoms with Crippen molar-refractivity contribution < 1.29 is 9.47 Å². The number of nitrogen functional groups attached to an aromatic ring is 1. The van der Waals surface area contributed by atoms with Crippen LogP contribution in [0.3, 0.4) is 0 Å². The maximum Gasteiger partial charge on any atom is 0.170 e. The third-order valence-corrected chi connectivity index (χ3v) is 3.21. The number of aryl methyl sites for hydroxylation is 1. The van der Waals surface area contributed by atoms with E-state index in [0.717, 1.165) is 23.2 Å². The lowest BCUT2D eigenvalue weighted by Gasteiger charge is -2.11. The van der Waals surface area contributed by atoms with Crippen LogP contribution in [0.4, 0.5) is 5.82 Å². The van der Waals surface area contributed by atoms with Gasteiger partial charge in [-0.05, 0) is 18.6 Å². The van der Waals surface area contributed by atoms with Gasteiger partial charge >= 0.3 is 0 Å². The highest BCUT2D eigenvalue weighted by Crippen LogP contribution is 2.39. The minimum atomic E-state index is 0.679. The molecule has 0 bridgehead atoms. The molecule has 0 amide bonds. The Morgan fingerprint density at radius 3 is 2.58 bits per heavy atom. The summed E-state index contributed by atoms with van der Waals surface area (Å²) in [4.78, 5) is 0. The number of nitrogens with two attached hydrogens (primary N) is 1. The minimum Gasteiger partial charge on any atom is -0.493 e. The van der Waals surface area contributed by atoms with Gasteiger partial charge in [0.25, 0.3) is 0 Å². The standard InChI is InChI=1S/C14H19N3O2/c1-5-9-12(16-17(2)14(9)15)10-7-6-8-11(18-3)13(10)19-4/h6-8H,5,15H2,1-4H3. The zero-order valence-corrected chi connectivity index (χ0v) is 11.7. The lowest BCUT2D eigenvalue weighted by molar-refractivity contribution is 0.356. The Hall–Kier alpha value is -2.17. The molecule has 1 aromatic heterocycles.